The third kappa shape index (κ3) is 4.19. The van der Waals surface area contributed by atoms with Crippen molar-refractivity contribution < 1.29 is 14.3 Å². The summed E-state index contributed by atoms with van der Waals surface area (Å²) >= 11 is 1.40. The highest BCUT2D eigenvalue weighted by Crippen LogP contribution is 2.25. The number of aromatic nitrogens is 3. The Morgan fingerprint density at radius 3 is 2.73 bits per heavy atom. The van der Waals surface area contributed by atoms with Crippen LogP contribution >= 0.6 is 11.8 Å². The van der Waals surface area contributed by atoms with Crippen LogP contribution in [0.5, 0.6) is 5.75 Å². The Morgan fingerprint density at radius 2 is 2.04 bits per heavy atom. The quantitative estimate of drug-likeness (QED) is 0.746. The molecule has 26 heavy (non-hydrogen) atoms. The molecule has 1 aromatic heterocycles. The zero-order chi connectivity index (χ0) is 18.7. The van der Waals surface area contributed by atoms with Gasteiger partial charge in [0.25, 0.3) is 0 Å². The van der Waals surface area contributed by atoms with Crippen molar-refractivity contribution in [2.75, 3.05) is 26.0 Å². The van der Waals surface area contributed by atoms with Crippen LogP contribution in [0.25, 0.3) is 11.4 Å². The second-order valence-electron chi connectivity index (χ2n) is 6.44. The molecule has 140 valence electrons. The van der Waals surface area contributed by atoms with Crippen LogP contribution in [0.3, 0.4) is 0 Å². The molecule has 1 amide bonds. The lowest BCUT2D eigenvalue weighted by Gasteiger charge is -2.35. The van der Waals surface area contributed by atoms with Crippen LogP contribution in [-0.2, 0) is 16.6 Å². The first kappa shape index (κ1) is 18.7. The van der Waals surface area contributed by atoms with Gasteiger partial charge in [-0.1, -0.05) is 23.9 Å². The number of carbonyl (C=O) groups is 1. The van der Waals surface area contributed by atoms with Crippen LogP contribution in [0.4, 0.5) is 0 Å². The molecular weight excluding hydrogens is 352 g/mol. The summed E-state index contributed by atoms with van der Waals surface area (Å²) in [7, 11) is 3.54. The van der Waals surface area contributed by atoms with E-state index in [1.54, 1.807) is 7.11 Å². The monoisotopic (exact) mass is 376 g/mol. The molecule has 7 nitrogen and oxygen atoms in total. The number of benzene rings is 1. The molecule has 0 N–H and O–H groups in total. The summed E-state index contributed by atoms with van der Waals surface area (Å²) in [5, 5.41) is 9.22. The highest BCUT2D eigenvalue weighted by atomic mass is 32.2. The second-order valence-corrected chi connectivity index (χ2v) is 7.38. The number of thioether (sulfide) groups is 1. The SMILES string of the molecule is COc1cccc(-c2nnc(SCC(=O)N3CC(C)OC(C)C3)n2C)c1. The van der Waals surface area contributed by atoms with E-state index < -0.39 is 0 Å². The van der Waals surface area contributed by atoms with Crippen molar-refractivity contribution in [1.29, 1.82) is 0 Å². The molecule has 2 atom stereocenters. The lowest BCUT2D eigenvalue weighted by molar-refractivity contribution is -0.140. The third-order valence-corrected chi connectivity index (χ3v) is 5.26. The van der Waals surface area contributed by atoms with Crippen molar-refractivity contribution in [3.63, 3.8) is 0 Å². The lowest BCUT2D eigenvalue weighted by atomic mass is 10.2. The molecule has 1 aliphatic rings. The molecule has 1 fully saturated rings. The Bertz CT molecular complexity index is 770. The minimum Gasteiger partial charge on any atom is -0.497 e. The predicted molar refractivity (Wildman–Crippen MR) is 100 cm³/mol. The Morgan fingerprint density at radius 1 is 1.31 bits per heavy atom. The van der Waals surface area contributed by atoms with E-state index in [2.05, 4.69) is 10.2 Å². The maximum Gasteiger partial charge on any atom is 0.233 e. The summed E-state index contributed by atoms with van der Waals surface area (Å²) in [6, 6.07) is 7.68. The van der Waals surface area contributed by atoms with Crippen molar-refractivity contribution >= 4 is 17.7 Å². The number of methoxy groups -OCH3 is 1. The Balaban J connectivity index is 1.66. The van der Waals surface area contributed by atoms with E-state index in [-0.39, 0.29) is 18.1 Å². The maximum absolute atomic E-state index is 12.5. The average molecular weight is 376 g/mol. The van der Waals surface area contributed by atoms with Gasteiger partial charge in [-0.25, -0.2) is 0 Å². The molecule has 2 aromatic rings. The van der Waals surface area contributed by atoms with E-state index in [0.717, 1.165) is 17.1 Å². The van der Waals surface area contributed by atoms with Crippen LogP contribution in [-0.4, -0.2) is 63.7 Å². The highest BCUT2D eigenvalue weighted by Gasteiger charge is 2.26. The number of carbonyl (C=O) groups excluding carboxylic acids is 1. The minimum atomic E-state index is 0.0715. The molecule has 1 aromatic carbocycles. The summed E-state index contributed by atoms with van der Waals surface area (Å²) < 4.78 is 12.8. The summed E-state index contributed by atoms with van der Waals surface area (Å²) in [4.78, 5) is 14.4. The van der Waals surface area contributed by atoms with E-state index in [1.807, 2.05) is 54.6 Å². The van der Waals surface area contributed by atoms with Gasteiger partial charge in [0.15, 0.2) is 11.0 Å². The smallest absolute Gasteiger partial charge is 0.233 e. The highest BCUT2D eigenvalue weighted by molar-refractivity contribution is 7.99. The van der Waals surface area contributed by atoms with Crippen molar-refractivity contribution in [3.05, 3.63) is 24.3 Å². The van der Waals surface area contributed by atoms with Crippen LogP contribution in [0.1, 0.15) is 13.8 Å². The van der Waals surface area contributed by atoms with Gasteiger partial charge in [-0.3, -0.25) is 4.79 Å². The van der Waals surface area contributed by atoms with Crippen molar-refractivity contribution in [1.82, 2.24) is 19.7 Å². The van der Waals surface area contributed by atoms with Crippen LogP contribution in [0.15, 0.2) is 29.4 Å². The largest absolute Gasteiger partial charge is 0.497 e. The molecule has 0 bridgehead atoms. The van der Waals surface area contributed by atoms with Crippen molar-refractivity contribution in [3.8, 4) is 17.1 Å². The molecule has 2 heterocycles. The van der Waals surface area contributed by atoms with Gasteiger partial charge in [0.1, 0.15) is 5.75 Å². The fourth-order valence-electron chi connectivity index (χ4n) is 3.05. The van der Waals surface area contributed by atoms with Gasteiger partial charge >= 0.3 is 0 Å². The van der Waals surface area contributed by atoms with Gasteiger partial charge in [0, 0.05) is 25.7 Å². The van der Waals surface area contributed by atoms with E-state index >= 15 is 0 Å². The van der Waals surface area contributed by atoms with Crippen LogP contribution < -0.4 is 4.74 Å². The molecule has 0 saturated carbocycles. The van der Waals surface area contributed by atoms with E-state index in [9.17, 15) is 4.79 Å². The topological polar surface area (TPSA) is 69.5 Å². The number of amides is 1. The molecule has 0 radical (unpaired) electrons. The number of ether oxygens (including phenoxy) is 2. The fourth-order valence-corrected chi connectivity index (χ4v) is 3.87. The molecule has 0 aliphatic carbocycles. The van der Waals surface area contributed by atoms with Crippen molar-refractivity contribution in [2.24, 2.45) is 7.05 Å². The van der Waals surface area contributed by atoms with E-state index in [4.69, 9.17) is 9.47 Å². The molecule has 1 saturated heterocycles. The first-order chi connectivity index (χ1) is 12.5. The van der Waals surface area contributed by atoms with Gasteiger partial charge in [-0.2, -0.15) is 0 Å². The zero-order valence-electron chi connectivity index (χ0n) is 15.5. The maximum atomic E-state index is 12.5. The van der Waals surface area contributed by atoms with Gasteiger partial charge in [0.2, 0.25) is 5.91 Å². The molecule has 8 heteroatoms. The lowest BCUT2D eigenvalue weighted by Crippen LogP contribution is -2.48. The first-order valence-corrected chi connectivity index (χ1v) is 9.56. The summed E-state index contributed by atoms with van der Waals surface area (Å²) in [6.07, 6.45) is 0.143. The molecule has 0 spiro atoms. The summed E-state index contributed by atoms with van der Waals surface area (Å²) in [5.41, 5.74) is 0.924. The number of nitrogens with zero attached hydrogens (tertiary/aromatic N) is 4. The molecule has 2 unspecified atom stereocenters. The predicted octanol–water partition coefficient (Wildman–Crippen LogP) is 2.22. The third-order valence-electron chi connectivity index (χ3n) is 4.26. The first-order valence-electron chi connectivity index (χ1n) is 8.57. The standard InChI is InChI=1S/C18H24N4O3S/c1-12-9-22(10-13(2)25-12)16(23)11-26-18-20-19-17(21(18)3)14-6-5-7-15(8-14)24-4/h5-8,12-13H,9-11H2,1-4H3. The minimum absolute atomic E-state index is 0.0715. The summed E-state index contributed by atoms with van der Waals surface area (Å²) in [6.45, 7) is 5.26. The Kier molecular flexibility index (Phi) is 5.83. The number of rotatable bonds is 5. The second kappa shape index (κ2) is 8.09. The average Bonchev–Trinajstić information content (AvgIpc) is 2.99. The van der Waals surface area contributed by atoms with Crippen LogP contribution in [0, 0.1) is 0 Å². The fraction of sp³-hybridized carbons (Fsp3) is 0.500. The van der Waals surface area contributed by atoms with Gasteiger partial charge < -0.3 is 18.9 Å². The number of hydrogen-bond donors (Lipinski definition) is 0. The van der Waals surface area contributed by atoms with Crippen molar-refractivity contribution in [2.45, 2.75) is 31.2 Å². The van der Waals surface area contributed by atoms with E-state index in [0.29, 0.717) is 24.0 Å². The molecular formula is C18H24N4O3S. The van der Waals surface area contributed by atoms with Gasteiger partial charge in [-0.05, 0) is 26.0 Å². The zero-order valence-corrected chi connectivity index (χ0v) is 16.3. The van der Waals surface area contributed by atoms with Gasteiger partial charge in [-0.15, -0.1) is 10.2 Å². The Hall–Kier alpha value is -2.06. The molecule has 1 aliphatic heterocycles. The number of morpholine rings is 1. The Labute approximate surface area is 157 Å². The van der Waals surface area contributed by atoms with E-state index in [1.165, 1.54) is 11.8 Å². The van der Waals surface area contributed by atoms with Gasteiger partial charge in [0.05, 0.1) is 25.1 Å². The number of hydrogen-bond acceptors (Lipinski definition) is 6. The summed E-state index contributed by atoms with van der Waals surface area (Å²) in [5.74, 6) is 1.95. The van der Waals surface area contributed by atoms with Crippen LogP contribution in [0.2, 0.25) is 0 Å². The molecule has 3 rings (SSSR count). The normalized spacial score (nSPS) is 20.2.